The van der Waals surface area contributed by atoms with Gasteiger partial charge in [0.05, 0.1) is 16.8 Å². The number of halogens is 1. The van der Waals surface area contributed by atoms with Crippen LogP contribution in [0.4, 0.5) is 10.5 Å². The molecule has 3 rings (SSSR count). The molecule has 0 aliphatic rings. The van der Waals surface area contributed by atoms with Gasteiger partial charge in [-0.15, -0.1) is 0 Å². The Morgan fingerprint density at radius 3 is 2.71 bits per heavy atom. The van der Waals surface area contributed by atoms with Crippen molar-refractivity contribution in [3.8, 4) is 0 Å². The lowest BCUT2D eigenvalue weighted by atomic mass is 10.2. The number of urea groups is 1. The molecule has 2 aromatic carbocycles. The minimum absolute atomic E-state index is 0.291. The first kappa shape index (κ1) is 20.1. The van der Waals surface area contributed by atoms with Gasteiger partial charge in [0.25, 0.3) is 0 Å². The lowest BCUT2D eigenvalue weighted by molar-refractivity contribution is -0.147. The van der Waals surface area contributed by atoms with Gasteiger partial charge in [0.1, 0.15) is 6.04 Å². The standard InChI is InChI=1S/C20H20ClN3O3S/c1-3-15(18(25)27-4-2)24-16-10-5-6-11-17(16)28-20(24)23-19(26)22-14-9-7-8-13(21)12-14/h5-12,15H,3-4H2,1-2H3,(H,22,26). The zero-order valence-electron chi connectivity index (χ0n) is 15.5. The molecule has 1 aromatic heterocycles. The second-order valence-electron chi connectivity index (χ2n) is 5.95. The second kappa shape index (κ2) is 9.03. The molecule has 0 radical (unpaired) electrons. The van der Waals surface area contributed by atoms with E-state index in [1.807, 2.05) is 31.2 Å². The predicted octanol–water partition coefficient (Wildman–Crippen LogP) is 5.00. The van der Waals surface area contributed by atoms with Gasteiger partial charge in [-0.2, -0.15) is 4.99 Å². The van der Waals surface area contributed by atoms with Crippen LogP contribution in [0.5, 0.6) is 0 Å². The van der Waals surface area contributed by atoms with E-state index in [9.17, 15) is 9.59 Å². The number of nitrogens with zero attached hydrogens (tertiary/aromatic N) is 2. The molecule has 0 saturated heterocycles. The summed E-state index contributed by atoms with van der Waals surface area (Å²) in [6.45, 7) is 3.96. The van der Waals surface area contributed by atoms with Gasteiger partial charge >= 0.3 is 12.0 Å². The first-order chi connectivity index (χ1) is 13.5. The van der Waals surface area contributed by atoms with E-state index in [1.165, 1.54) is 11.3 Å². The molecule has 0 aliphatic carbocycles. The molecule has 28 heavy (non-hydrogen) atoms. The Morgan fingerprint density at radius 1 is 1.21 bits per heavy atom. The Hall–Kier alpha value is -2.64. The molecule has 1 heterocycles. The Labute approximate surface area is 171 Å². The largest absolute Gasteiger partial charge is 0.464 e. The molecule has 1 atom stereocenters. The number of esters is 1. The summed E-state index contributed by atoms with van der Waals surface area (Å²) in [6.07, 6.45) is 0.517. The van der Waals surface area contributed by atoms with Crippen LogP contribution >= 0.6 is 22.9 Å². The van der Waals surface area contributed by atoms with Crippen molar-refractivity contribution in [3.63, 3.8) is 0 Å². The van der Waals surface area contributed by atoms with E-state index in [-0.39, 0.29) is 5.97 Å². The van der Waals surface area contributed by atoms with Crippen molar-refractivity contribution in [2.45, 2.75) is 26.3 Å². The maximum absolute atomic E-state index is 12.5. The van der Waals surface area contributed by atoms with E-state index in [2.05, 4.69) is 10.3 Å². The van der Waals surface area contributed by atoms with Gasteiger partial charge in [-0.05, 0) is 43.7 Å². The van der Waals surface area contributed by atoms with Crippen LogP contribution in [0, 0.1) is 0 Å². The highest BCUT2D eigenvalue weighted by molar-refractivity contribution is 7.16. The Kier molecular flexibility index (Phi) is 6.49. The summed E-state index contributed by atoms with van der Waals surface area (Å²) >= 11 is 7.30. The number of amides is 2. The summed E-state index contributed by atoms with van der Waals surface area (Å²) in [5, 5.41) is 3.22. The Balaban J connectivity index is 2.05. The van der Waals surface area contributed by atoms with Gasteiger partial charge in [0, 0.05) is 10.7 Å². The van der Waals surface area contributed by atoms with Gasteiger partial charge in [-0.1, -0.05) is 48.1 Å². The van der Waals surface area contributed by atoms with Crippen LogP contribution in [0.3, 0.4) is 0 Å². The van der Waals surface area contributed by atoms with E-state index < -0.39 is 12.1 Å². The Bertz CT molecular complexity index is 1070. The second-order valence-corrected chi connectivity index (χ2v) is 7.40. The summed E-state index contributed by atoms with van der Waals surface area (Å²) in [6, 6.07) is 13.4. The van der Waals surface area contributed by atoms with Gasteiger partial charge < -0.3 is 14.6 Å². The number of fused-ring (bicyclic) bond motifs is 1. The number of ether oxygens (including phenoxy) is 1. The minimum atomic E-state index is -0.561. The molecule has 0 fully saturated rings. The number of anilines is 1. The molecule has 1 unspecified atom stereocenters. The molecule has 0 bridgehead atoms. The van der Waals surface area contributed by atoms with Crippen molar-refractivity contribution in [1.82, 2.24) is 4.57 Å². The van der Waals surface area contributed by atoms with Crippen molar-refractivity contribution in [2.24, 2.45) is 4.99 Å². The predicted molar refractivity (Wildman–Crippen MR) is 112 cm³/mol. The van der Waals surface area contributed by atoms with Crippen molar-refractivity contribution in [3.05, 3.63) is 58.4 Å². The zero-order valence-corrected chi connectivity index (χ0v) is 17.1. The fraction of sp³-hybridized carbons (Fsp3) is 0.250. The third kappa shape index (κ3) is 4.43. The minimum Gasteiger partial charge on any atom is -0.464 e. The Morgan fingerprint density at radius 2 is 2.00 bits per heavy atom. The number of aromatic nitrogens is 1. The SMILES string of the molecule is CCOC(=O)C(CC)n1c(=NC(=O)Nc2cccc(Cl)c2)sc2ccccc21. The molecule has 1 N–H and O–H groups in total. The van der Waals surface area contributed by atoms with Gasteiger partial charge in [0.15, 0.2) is 4.80 Å². The molecular formula is C20H20ClN3O3S. The van der Waals surface area contributed by atoms with E-state index >= 15 is 0 Å². The van der Waals surface area contributed by atoms with Crippen LogP contribution in [0.15, 0.2) is 53.5 Å². The van der Waals surface area contributed by atoms with Crippen LogP contribution in [0.25, 0.3) is 10.2 Å². The number of hydrogen-bond acceptors (Lipinski definition) is 4. The van der Waals surface area contributed by atoms with Crippen molar-refractivity contribution in [1.29, 1.82) is 0 Å². The normalized spacial score (nSPS) is 12.8. The molecule has 3 aromatic rings. The van der Waals surface area contributed by atoms with E-state index in [4.69, 9.17) is 16.3 Å². The van der Waals surface area contributed by atoms with Crippen LogP contribution < -0.4 is 10.1 Å². The molecule has 0 aliphatic heterocycles. The average molecular weight is 418 g/mol. The smallest absolute Gasteiger partial charge is 0.348 e. The number of para-hydroxylation sites is 1. The highest BCUT2D eigenvalue weighted by atomic mass is 35.5. The first-order valence-corrected chi connectivity index (χ1v) is 10.1. The van der Waals surface area contributed by atoms with E-state index in [0.717, 1.165) is 10.2 Å². The maximum atomic E-state index is 12.5. The first-order valence-electron chi connectivity index (χ1n) is 8.91. The number of nitrogens with one attached hydrogen (secondary N) is 1. The zero-order chi connectivity index (χ0) is 20.1. The van der Waals surface area contributed by atoms with Crippen molar-refractivity contribution >= 4 is 50.8 Å². The number of rotatable bonds is 5. The number of carbonyl (C=O) groups excluding carboxylic acids is 2. The average Bonchev–Trinajstić information content (AvgIpc) is 3.00. The number of carbonyl (C=O) groups is 2. The summed E-state index contributed by atoms with van der Waals surface area (Å²) in [5.41, 5.74) is 1.38. The maximum Gasteiger partial charge on any atom is 0.348 e. The number of hydrogen-bond donors (Lipinski definition) is 1. The molecule has 8 heteroatoms. The van der Waals surface area contributed by atoms with Gasteiger partial charge in [-0.25, -0.2) is 9.59 Å². The highest BCUT2D eigenvalue weighted by Gasteiger charge is 2.23. The molecule has 0 spiro atoms. The van der Waals surface area contributed by atoms with E-state index in [1.54, 1.807) is 35.8 Å². The topological polar surface area (TPSA) is 72.7 Å². The quantitative estimate of drug-likeness (QED) is 0.593. The lowest BCUT2D eigenvalue weighted by Crippen LogP contribution is -2.29. The van der Waals surface area contributed by atoms with Crippen molar-refractivity contribution in [2.75, 3.05) is 11.9 Å². The summed E-state index contributed by atoms with van der Waals surface area (Å²) in [4.78, 5) is 29.6. The van der Waals surface area contributed by atoms with Crippen LogP contribution in [0.2, 0.25) is 5.02 Å². The molecule has 6 nitrogen and oxygen atoms in total. The summed E-state index contributed by atoms with van der Waals surface area (Å²) in [5.74, 6) is -0.342. The fourth-order valence-corrected chi connectivity index (χ4v) is 4.13. The van der Waals surface area contributed by atoms with Crippen LogP contribution in [-0.4, -0.2) is 23.2 Å². The van der Waals surface area contributed by atoms with Gasteiger partial charge in [-0.3, -0.25) is 0 Å². The fourth-order valence-electron chi connectivity index (χ4n) is 2.87. The van der Waals surface area contributed by atoms with Crippen LogP contribution in [-0.2, 0) is 9.53 Å². The van der Waals surface area contributed by atoms with Gasteiger partial charge in [0.2, 0.25) is 0 Å². The summed E-state index contributed by atoms with van der Waals surface area (Å²) in [7, 11) is 0. The highest BCUT2D eigenvalue weighted by Crippen LogP contribution is 2.23. The lowest BCUT2D eigenvalue weighted by Gasteiger charge is -2.16. The van der Waals surface area contributed by atoms with E-state index in [0.29, 0.717) is 28.5 Å². The molecule has 0 saturated carbocycles. The monoisotopic (exact) mass is 417 g/mol. The molecule has 146 valence electrons. The molecular weight excluding hydrogens is 398 g/mol. The number of benzene rings is 2. The third-order valence-corrected chi connectivity index (χ3v) is 5.33. The van der Waals surface area contributed by atoms with Crippen molar-refractivity contribution < 1.29 is 14.3 Å². The number of thiazole rings is 1. The third-order valence-electron chi connectivity index (χ3n) is 4.06. The molecule has 2 amide bonds. The summed E-state index contributed by atoms with van der Waals surface area (Å²) < 4.78 is 7.93. The van der Waals surface area contributed by atoms with Crippen LogP contribution in [0.1, 0.15) is 26.3 Å².